The predicted molar refractivity (Wildman–Crippen MR) is 58.7 cm³/mol. The number of hydrogen-bond acceptors (Lipinski definition) is 3. The quantitative estimate of drug-likeness (QED) is 0.805. The number of nitrogens with one attached hydrogen (secondary N) is 1. The average Bonchev–Trinajstić information content (AvgIpc) is 2.24. The standard InChI is InChI=1S/C10H9ClN2O2/c1-5-10(14)6-3-7(11)9(15-2)4-8(6)13-12-5/h3-4H,1-2H3,(H,13,14). The van der Waals surface area contributed by atoms with Gasteiger partial charge in [-0.15, -0.1) is 0 Å². The normalized spacial score (nSPS) is 10.6. The van der Waals surface area contributed by atoms with Crippen LogP contribution in [0.5, 0.6) is 5.75 Å². The summed E-state index contributed by atoms with van der Waals surface area (Å²) < 4.78 is 5.04. The number of aromatic nitrogens is 2. The van der Waals surface area contributed by atoms with Crippen LogP contribution in [-0.4, -0.2) is 17.3 Å². The van der Waals surface area contributed by atoms with Crippen LogP contribution in [0.2, 0.25) is 5.02 Å². The smallest absolute Gasteiger partial charge is 0.210 e. The topological polar surface area (TPSA) is 55.0 Å². The Morgan fingerprint density at radius 1 is 1.47 bits per heavy atom. The summed E-state index contributed by atoms with van der Waals surface area (Å²) in [5.74, 6) is 0.519. The molecule has 1 heterocycles. The molecule has 78 valence electrons. The predicted octanol–water partition coefficient (Wildman–Crippen LogP) is 1.89. The summed E-state index contributed by atoms with van der Waals surface area (Å²) in [5, 5.41) is 7.59. The van der Waals surface area contributed by atoms with Crippen LogP contribution in [-0.2, 0) is 0 Å². The van der Waals surface area contributed by atoms with E-state index in [4.69, 9.17) is 16.3 Å². The Hall–Kier alpha value is -1.55. The summed E-state index contributed by atoms with van der Waals surface area (Å²) in [5.41, 5.74) is 0.920. The van der Waals surface area contributed by atoms with Gasteiger partial charge in [-0.05, 0) is 13.0 Å². The molecule has 4 nitrogen and oxygen atoms in total. The lowest BCUT2D eigenvalue weighted by molar-refractivity contribution is 0.415. The molecule has 2 aromatic rings. The largest absolute Gasteiger partial charge is 0.495 e. The second-order valence-electron chi connectivity index (χ2n) is 3.17. The molecule has 1 N–H and O–H groups in total. The maximum absolute atomic E-state index is 11.7. The minimum absolute atomic E-state index is 0.117. The van der Waals surface area contributed by atoms with Gasteiger partial charge in [0.05, 0.1) is 23.0 Å². The molecule has 5 heteroatoms. The third-order valence-corrected chi connectivity index (χ3v) is 2.50. The zero-order valence-corrected chi connectivity index (χ0v) is 9.05. The van der Waals surface area contributed by atoms with Gasteiger partial charge in [-0.3, -0.25) is 9.89 Å². The van der Waals surface area contributed by atoms with Crippen LogP contribution < -0.4 is 10.2 Å². The van der Waals surface area contributed by atoms with Gasteiger partial charge in [-0.1, -0.05) is 11.6 Å². The summed E-state index contributed by atoms with van der Waals surface area (Å²) in [4.78, 5) is 11.7. The van der Waals surface area contributed by atoms with Crippen molar-refractivity contribution in [1.29, 1.82) is 0 Å². The van der Waals surface area contributed by atoms with Gasteiger partial charge >= 0.3 is 0 Å². The van der Waals surface area contributed by atoms with Crippen LogP contribution in [0.25, 0.3) is 10.9 Å². The maximum Gasteiger partial charge on any atom is 0.210 e. The summed E-state index contributed by atoms with van der Waals surface area (Å²) >= 11 is 5.93. The first-order valence-electron chi connectivity index (χ1n) is 4.36. The lowest BCUT2D eigenvalue weighted by Crippen LogP contribution is -2.09. The Morgan fingerprint density at radius 2 is 2.20 bits per heavy atom. The van der Waals surface area contributed by atoms with E-state index in [2.05, 4.69) is 10.2 Å². The van der Waals surface area contributed by atoms with Gasteiger partial charge in [0.2, 0.25) is 5.43 Å². The number of aryl methyl sites for hydroxylation is 1. The van der Waals surface area contributed by atoms with Crippen molar-refractivity contribution in [3.05, 3.63) is 33.1 Å². The molecule has 1 aromatic carbocycles. The molecule has 15 heavy (non-hydrogen) atoms. The van der Waals surface area contributed by atoms with E-state index in [0.717, 1.165) is 0 Å². The van der Waals surface area contributed by atoms with Crippen molar-refractivity contribution in [2.24, 2.45) is 0 Å². The van der Waals surface area contributed by atoms with Crippen molar-refractivity contribution >= 4 is 22.5 Å². The molecule has 0 unspecified atom stereocenters. The highest BCUT2D eigenvalue weighted by atomic mass is 35.5. The fraction of sp³-hybridized carbons (Fsp3) is 0.200. The number of benzene rings is 1. The minimum atomic E-state index is -0.117. The van der Waals surface area contributed by atoms with E-state index in [1.807, 2.05) is 0 Å². The molecule has 0 radical (unpaired) electrons. The lowest BCUT2D eigenvalue weighted by atomic mass is 10.2. The number of aromatic amines is 1. The van der Waals surface area contributed by atoms with Crippen molar-refractivity contribution in [3.8, 4) is 5.75 Å². The Kier molecular flexibility index (Phi) is 2.36. The van der Waals surface area contributed by atoms with Gasteiger partial charge in [-0.25, -0.2) is 0 Å². The average molecular weight is 225 g/mol. The molecule has 0 fully saturated rings. The van der Waals surface area contributed by atoms with Crippen LogP contribution in [0.3, 0.4) is 0 Å². The molecule has 0 atom stereocenters. The second kappa shape index (κ2) is 3.55. The Labute approximate surface area is 90.8 Å². The molecule has 2 rings (SSSR count). The Morgan fingerprint density at radius 3 is 2.87 bits per heavy atom. The molecule has 0 saturated carbocycles. The molecule has 0 aliphatic heterocycles. The van der Waals surface area contributed by atoms with E-state index >= 15 is 0 Å². The van der Waals surface area contributed by atoms with Crippen LogP contribution in [0.15, 0.2) is 16.9 Å². The highest BCUT2D eigenvalue weighted by molar-refractivity contribution is 6.32. The zero-order chi connectivity index (χ0) is 11.0. The number of rotatable bonds is 1. The van der Waals surface area contributed by atoms with Crippen LogP contribution in [0, 0.1) is 6.92 Å². The summed E-state index contributed by atoms with van der Waals surface area (Å²) in [7, 11) is 1.52. The van der Waals surface area contributed by atoms with Gasteiger partial charge in [0, 0.05) is 6.07 Å². The first-order chi connectivity index (χ1) is 7.13. The van der Waals surface area contributed by atoms with Crippen molar-refractivity contribution < 1.29 is 4.74 Å². The second-order valence-corrected chi connectivity index (χ2v) is 3.58. The molecule has 0 spiro atoms. The van der Waals surface area contributed by atoms with Crippen LogP contribution in [0.1, 0.15) is 5.69 Å². The van der Waals surface area contributed by atoms with Crippen LogP contribution in [0.4, 0.5) is 0 Å². The first-order valence-corrected chi connectivity index (χ1v) is 4.74. The van der Waals surface area contributed by atoms with Crippen molar-refractivity contribution in [2.45, 2.75) is 6.92 Å². The minimum Gasteiger partial charge on any atom is -0.495 e. The summed E-state index contributed by atoms with van der Waals surface area (Å²) in [6.45, 7) is 1.65. The van der Waals surface area contributed by atoms with E-state index in [1.54, 1.807) is 19.1 Å². The van der Waals surface area contributed by atoms with Crippen molar-refractivity contribution in [1.82, 2.24) is 10.2 Å². The van der Waals surface area contributed by atoms with Gasteiger partial charge in [-0.2, -0.15) is 5.10 Å². The van der Waals surface area contributed by atoms with E-state index in [0.29, 0.717) is 27.4 Å². The van der Waals surface area contributed by atoms with E-state index in [-0.39, 0.29) is 5.43 Å². The van der Waals surface area contributed by atoms with Crippen LogP contribution >= 0.6 is 11.6 Å². The Bertz CT molecular complexity index is 577. The van der Waals surface area contributed by atoms with Crippen molar-refractivity contribution in [3.63, 3.8) is 0 Å². The van der Waals surface area contributed by atoms with E-state index in [9.17, 15) is 4.79 Å². The van der Waals surface area contributed by atoms with E-state index < -0.39 is 0 Å². The third-order valence-electron chi connectivity index (χ3n) is 2.21. The van der Waals surface area contributed by atoms with Gasteiger partial charge in [0.25, 0.3) is 0 Å². The molecule has 0 aliphatic carbocycles. The lowest BCUT2D eigenvalue weighted by Gasteiger charge is -2.04. The number of ether oxygens (including phenoxy) is 1. The maximum atomic E-state index is 11.7. The molecule has 0 bridgehead atoms. The number of nitrogens with zero attached hydrogens (tertiary/aromatic N) is 1. The summed E-state index contributed by atoms with van der Waals surface area (Å²) in [6, 6.07) is 3.24. The van der Waals surface area contributed by atoms with Gasteiger partial charge < -0.3 is 4.74 Å². The Balaban J connectivity index is 2.88. The highest BCUT2D eigenvalue weighted by Crippen LogP contribution is 2.27. The molecule has 0 aliphatic rings. The summed E-state index contributed by atoms with van der Waals surface area (Å²) in [6.07, 6.45) is 0. The fourth-order valence-corrected chi connectivity index (χ4v) is 1.62. The number of methoxy groups -OCH3 is 1. The molecular formula is C10H9ClN2O2. The molecule has 1 aromatic heterocycles. The number of H-pyrrole nitrogens is 1. The third kappa shape index (κ3) is 1.57. The fourth-order valence-electron chi connectivity index (χ4n) is 1.38. The molecule has 0 saturated heterocycles. The number of hydrogen-bond donors (Lipinski definition) is 1. The van der Waals surface area contributed by atoms with E-state index in [1.165, 1.54) is 7.11 Å². The van der Waals surface area contributed by atoms with Gasteiger partial charge in [0.1, 0.15) is 11.4 Å². The van der Waals surface area contributed by atoms with Gasteiger partial charge in [0.15, 0.2) is 0 Å². The molecular weight excluding hydrogens is 216 g/mol. The SMILES string of the molecule is COc1cc2[nH]nc(C)c(=O)c2cc1Cl. The first kappa shape index (κ1) is 9.98. The monoisotopic (exact) mass is 224 g/mol. The number of fused-ring (bicyclic) bond motifs is 1. The molecule has 0 amide bonds. The highest BCUT2D eigenvalue weighted by Gasteiger charge is 2.07. The number of halogens is 1. The van der Waals surface area contributed by atoms with Crippen molar-refractivity contribution in [2.75, 3.05) is 7.11 Å². The zero-order valence-electron chi connectivity index (χ0n) is 8.30.